The zero-order chi connectivity index (χ0) is 11.7. The first-order chi connectivity index (χ1) is 7.58. The molecule has 0 aliphatic heterocycles. The third kappa shape index (κ3) is 2.56. The predicted octanol–water partition coefficient (Wildman–Crippen LogP) is 5.16. The number of hydrogen-bond acceptors (Lipinski definition) is 2. The van der Waals surface area contributed by atoms with Crippen molar-refractivity contribution in [3.05, 3.63) is 54.1 Å². The van der Waals surface area contributed by atoms with Crippen LogP contribution in [0.5, 0.6) is 0 Å². The van der Waals surface area contributed by atoms with Crippen LogP contribution >= 0.6 is 54.8 Å². The number of benzene rings is 1. The van der Waals surface area contributed by atoms with Crippen LogP contribution in [0.15, 0.2) is 38.6 Å². The molecule has 0 N–H and O–H groups in total. The molecule has 1 aromatic carbocycles. The molecule has 16 heavy (non-hydrogen) atoms. The zero-order valence-corrected chi connectivity index (χ0v) is 12.6. The maximum absolute atomic E-state index is 12.1. The summed E-state index contributed by atoms with van der Waals surface area (Å²) in [6.45, 7) is 0. The van der Waals surface area contributed by atoms with E-state index in [1.807, 2.05) is 6.07 Å². The van der Waals surface area contributed by atoms with E-state index >= 15 is 0 Å². The van der Waals surface area contributed by atoms with E-state index in [1.165, 1.54) is 11.3 Å². The van der Waals surface area contributed by atoms with Gasteiger partial charge in [0.05, 0.1) is 8.66 Å². The number of rotatable bonds is 2. The van der Waals surface area contributed by atoms with Gasteiger partial charge in [-0.1, -0.05) is 27.5 Å². The lowest BCUT2D eigenvalue weighted by atomic mass is 10.1. The summed E-state index contributed by atoms with van der Waals surface area (Å²) in [5, 5.41) is 0.558. The van der Waals surface area contributed by atoms with Crippen LogP contribution in [0.2, 0.25) is 5.02 Å². The molecule has 0 fully saturated rings. The molecule has 82 valence electrons. The van der Waals surface area contributed by atoms with E-state index in [2.05, 4.69) is 31.9 Å². The van der Waals surface area contributed by atoms with Crippen LogP contribution < -0.4 is 0 Å². The molecule has 0 bridgehead atoms. The van der Waals surface area contributed by atoms with Crippen molar-refractivity contribution < 1.29 is 4.79 Å². The highest BCUT2D eigenvalue weighted by Gasteiger charge is 2.14. The van der Waals surface area contributed by atoms with Gasteiger partial charge in [-0.3, -0.25) is 4.79 Å². The molecule has 0 amide bonds. The summed E-state index contributed by atoms with van der Waals surface area (Å²) in [6, 6.07) is 8.84. The Morgan fingerprint density at radius 2 is 1.94 bits per heavy atom. The fraction of sp³-hybridized carbons (Fsp3) is 0. The van der Waals surface area contributed by atoms with Crippen molar-refractivity contribution in [3.63, 3.8) is 0 Å². The summed E-state index contributed by atoms with van der Waals surface area (Å²) in [5.41, 5.74) is 0.585. The highest BCUT2D eigenvalue weighted by atomic mass is 79.9. The van der Waals surface area contributed by atoms with Crippen LogP contribution in [0.4, 0.5) is 0 Å². The summed E-state index contributed by atoms with van der Waals surface area (Å²) in [7, 11) is 0. The first-order valence-electron chi connectivity index (χ1n) is 4.33. The predicted molar refractivity (Wildman–Crippen MR) is 74.6 cm³/mol. The van der Waals surface area contributed by atoms with Crippen molar-refractivity contribution in [2.75, 3.05) is 0 Å². The van der Waals surface area contributed by atoms with E-state index in [4.69, 9.17) is 11.6 Å². The van der Waals surface area contributed by atoms with E-state index in [0.29, 0.717) is 15.5 Å². The van der Waals surface area contributed by atoms with E-state index < -0.39 is 0 Å². The van der Waals surface area contributed by atoms with Crippen LogP contribution in [0.25, 0.3) is 0 Å². The molecule has 0 radical (unpaired) electrons. The molecule has 2 rings (SSSR count). The number of halogens is 3. The van der Waals surface area contributed by atoms with Gasteiger partial charge in [-0.2, -0.15) is 0 Å². The molecule has 0 saturated carbocycles. The number of carbonyl (C=O) groups excluding carboxylic acids is 1. The lowest BCUT2D eigenvalue weighted by molar-refractivity contribution is 0.104. The van der Waals surface area contributed by atoms with Crippen LogP contribution in [0.3, 0.4) is 0 Å². The van der Waals surface area contributed by atoms with Crippen LogP contribution in [-0.4, -0.2) is 5.78 Å². The maximum atomic E-state index is 12.1. The topological polar surface area (TPSA) is 17.1 Å². The zero-order valence-electron chi connectivity index (χ0n) is 7.84. The third-order valence-corrected chi connectivity index (χ3v) is 4.52. The molecule has 1 heterocycles. The first kappa shape index (κ1) is 12.3. The summed E-state index contributed by atoms with van der Waals surface area (Å²) in [5.74, 6) is -0.0231. The number of carbonyl (C=O) groups is 1. The fourth-order valence-corrected chi connectivity index (χ4v) is 3.18. The molecular weight excluding hydrogens is 375 g/mol. The summed E-state index contributed by atoms with van der Waals surface area (Å²) < 4.78 is 1.69. The Morgan fingerprint density at radius 3 is 2.56 bits per heavy atom. The minimum Gasteiger partial charge on any atom is -0.288 e. The van der Waals surface area contributed by atoms with E-state index in [0.717, 1.165) is 8.26 Å². The van der Waals surface area contributed by atoms with Crippen LogP contribution in [0.1, 0.15) is 15.2 Å². The SMILES string of the molecule is O=C(c1ccc(Br)s1)c1cc(Cl)ccc1Br. The van der Waals surface area contributed by atoms with Crippen molar-refractivity contribution in [2.45, 2.75) is 0 Å². The lowest BCUT2D eigenvalue weighted by Crippen LogP contribution is -1.99. The standard InChI is InChI=1S/C11H5Br2ClOS/c12-8-2-1-6(14)5-7(8)11(15)9-3-4-10(13)16-9/h1-5H. The summed E-state index contributed by atoms with van der Waals surface area (Å²) in [4.78, 5) is 12.8. The highest BCUT2D eigenvalue weighted by molar-refractivity contribution is 9.11. The molecule has 0 saturated heterocycles. The molecule has 0 aliphatic rings. The Hall–Kier alpha value is -0.160. The molecule has 1 nitrogen and oxygen atoms in total. The van der Waals surface area contributed by atoms with Gasteiger partial charge in [0, 0.05) is 15.1 Å². The van der Waals surface area contributed by atoms with Gasteiger partial charge >= 0.3 is 0 Å². The molecular formula is C11H5Br2ClOS. The molecule has 5 heteroatoms. The Morgan fingerprint density at radius 1 is 1.19 bits per heavy atom. The molecule has 0 atom stereocenters. The van der Waals surface area contributed by atoms with Gasteiger partial charge in [0.25, 0.3) is 0 Å². The first-order valence-corrected chi connectivity index (χ1v) is 7.11. The Labute approximate surface area is 119 Å². The molecule has 2 aromatic rings. The Kier molecular flexibility index (Phi) is 3.85. The van der Waals surface area contributed by atoms with Crippen molar-refractivity contribution in [2.24, 2.45) is 0 Å². The molecule has 1 aromatic heterocycles. The molecule has 0 unspecified atom stereocenters. The average Bonchev–Trinajstić information content (AvgIpc) is 2.67. The minimum atomic E-state index is -0.0231. The Balaban J connectivity index is 2.45. The highest BCUT2D eigenvalue weighted by Crippen LogP contribution is 2.28. The Bertz CT molecular complexity index is 551. The van der Waals surface area contributed by atoms with Crippen molar-refractivity contribution in [1.82, 2.24) is 0 Å². The van der Waals surface area contributed by atoms with Gasteiger partial charge < -0.3 is 0 Å². The van der Waals surface area contributed by atoms with Gasteiger partial charge in [-0.15, -0.1) is 11.3 Å². The van der Waals surface area contributed by atoms with E-state index in [1.54, 1.807) is 24.3 Å². The van der Waals surface area contributed by atoms with Crippen LogP contribution in [0, 0.1) is 0 Å². The van der Waals surface area contributed by atoms with Gasteiger partial charge in [-0.25, -0.2) is 0 Å². The normalized spacial score (nSPS) is 10.4. The van der Waals surface area contributed by atoms with Crippen molar-refractivity contribution >= 4 is 60.6 Å². The molecule has 0 spiro atoms. The smallest absolute Gasteiger partial charge is 0.204 e. The van der Waals surface area contributed by atoms with E-state index in [9.17, 15) is 4.79 Å². The monoisotopic (exact) mass is 378 g/mol. The van der Waals surface area contributed by atoms with Gasteiger partial charge in [-0.05, 0) is 46.3 Å². The molecule has 0 aliphatic carbocycles. The average molecular weight is 380 g/mol. The van der Waals surface area contributed by atoms with Crippen molar-refractivity contribution in [1.29, 1.82) is 0 Å². The lowest BCUT2D eigenvalue weighted by Gasteiger charge is -2.02. The maximum Gasteiger partial charge on any atom is 0.204 e. The summed E-state index contributed by atoms with van der Waals surface area (Å²) >= 11 is 14.0. The quantitative estimate of drug-likeness (QED) is 0.658. The minimum absolute atomic E-state index is 0.0231. The fourth-order valence-electron chi connectivity index (χ4n) is 1.24. The van der Waals surface area contributed by atoms with Gasteiger partial charge in [0.1, 0.15) is 0 Å². The number of hydrogen-bond donors (Lipinski definition) is 0. The second-order valence-electron chi connectivity index (χ2n) is 3.06. The van der Waals surface area contributed by atoms with Gasteiger partial charge in [0.15, 0.2) is 0 Å². The van der Waals surface area contributed by atoms with Crippen LogP contribution in [-0.2, 0) is 0 Å². The van der Waals surface area contributed by atoms with Gasteiger partial charge in [0.2, 0.25) is 5.78 Å². The number of thiophene rings is 1. The second kappa shape index (κ2) is 5.00. The largest absolute Gasteiger partial charge is 0.288 e. The second-order valence-corrected chi connectivity index (χ2v) is 6.81. The summed E-state index contributed by atoms with van der Waals surface area (Å²) in [6.07, 6.45) is 0. The van der Waals surface area contributed by atoms with Crippen molar-refractivity contribution in [3.8, 4) is 0 Å². The third-order valence-electron chi connectivity index (χ3n) is 1.97. The van der Waals surface area contributed by atoms with E-state index in [-0.39, 0.29) is 5.78 Å². The number of ketones is 1.